The Morgan fingerprint density at radius 2 is 1.78 bits per heavy atom. The molecule has 5 heteroatoms. The second-order valence-electron chi connectivity index (χ2n) is 5.96. The first kappa shape index (κ1) is 19.0. The van der Waals surface area contributed by atoms with Crippen molar-refractivity contribution in [2.24, 2.45) is 0 Å². The fourth-order valence-electron chi connectivity index (χ4n) is 2.24. The second-order valence-corrected chi connectivity index (χ2v) is 5.96. The molecule has 0 aliphatic heterocycles. The van der Waals surface area contributed by atoms with Crippen LogP contribution in [0.3, 0.4) is 0 Å². The zero-order chi connectivity index (χ0) is 17.4. The van der Waals surface area contributed by atoms with Gasteiger partial charge in [-0.1, -0.05) is 6.92 Å². The molecule has 0 bridgehead atoms. The summed E-state index contributed by atoms with van der Waals surface area (Å²) in [6, 6.07) is 7.43. The number of carbonyl (C=O) groups excluding carboxylic acids is 2. The molecular formula is C18H28N2O3. The maximum Gasteiger partial charge on any atom is 0.226 e. The normalized spacial score (nSPS) is 11.9. The summed E-state index contributed by atoms with van der Waals surface area (Å²) in [5.41, 5.74) is 0.726. The number of nitrogens with zero attached hydrogens (tertiary/aromatic N) is 1. The van der Waals surface area contributed by atoms with E-state index < -0.39 is 0 Å². The van der Waals surface area contributed by atoms with Crippen molar-refractivity contribution >= 4 is 17.5 Å². The van der Waals surface area contributed by atoms with E-state index >= 15 is 0 Å². The van der Waals surface area contributed by atoms with E-state index in [1.165, 1.54) is 6.92 Å². The predicted octanol–water partition coefficient (Wildman–Crippen LogP) is 3.45. The molecule has 0 aromatic heterocycles. The van der Waals surface area contributed by atoms with Gasteiger partial charge in [-0.15, -0.1) is 0 Å². The fourth-order valence-corrected chi connectivity index (χ4v) is 2.24. The van der Waals surface area contributed by atoms with E-state index in [1.807, 2.05) is 52.0 Å². The van der Waals surface area contributed by atoms with Gasteiger partial charge in [0.2, 0.25) is 11.8 Å². The van der Waals surface area contributed by atoms with Gasteiger partial charge in [0.1, 0.15) is 5.75 Å². The van der Waals surface area contributed by atoms with Crippen LogP contribution in [0.4, 0.5) is 5.69 Å². The van der Waals surface area contributed by atoms with Crippen LogP contribution in [0, 0.1) is 0 Å². The first-order valence-corrected chi connectivity index (χ1v) is 8.17. The number of amides is 2. The Hall–Kier alpha value is -2.04. The standard InChI is InChI=1S/C18H28N2O3/c1-6-14(4)20(15(5)21)12-11-18(22)19-16-7-9-17(10-8-16)23-13(2)3/h7-10,13-14H,6,11-12H2,1-5H3,(H,19,22). The maximum absolute atomic E-state index is 12.0. The van der Waals surface area contributed by atoms with Crippen LogP contribution in [0.5, 0.6) is 5.75 Å². The Kier molecular flexibility index (Phi) is 7.59. The lowest BCUT2D eigenvalue weighted by atomic mass is 10.2. The lowest BCUT2D eigenvalue weighted by molar-refractivity contribution is -0.131. The minimum Gasteiger partial charge on any atom is -0.491 e. The molecule has 128 valence electrons. The minimum absolute atomic E-state index is 0.00216. The highest BCUT2D eigenvalue weighted by molar-refractivity contribution is 5.91. The van der Waals surface area contributed by atoms with Crippen LogP contribution in [0.25, 0.3) is 0 Å². The molecule has 1 unspecified atom stereocenters. The van der Waals surface area contributed by atoms with Gasteiger partial charge >= 0.3 is 0 Å². The van der Waals surface area contributed by atoms with E-state index in [2.05, 4.69) is 5.32 Å². The molecule has 0 aliphatic rings. The van der Waals surface area contributed by atoms with Crippen molar-refractivity contribution in [2.45, 2.75) is 59.6 Å². The highest BCUT2D eigenvalue weighted by Crippen LogP contribution is 2.17. The summed E-state index contributed by atoms with van der Waals surface area (Å²) in [6.45, 7) is 9.93. The van der Waals surface area contributed by atoms with Gasteiger partial charge in [-0.3, -0.25) is 9.59 Å². The Labute approximate surface area is 139 Å². The lowest BCUT2D eigenvalue weighted by Crippen LogP contribution is -2.38. The Morgan fingerprint density at radius 1 is 1.17 bits per heavy atom. The zero-order valence-electron chi connectivity index (χ0n) is 14.8. The summed E-state index contributed by atoms with van der Waals surface area (Å²) in [4.78, 5) is 25.4. The van der Waals surface area contributed by atoms with Crippen LogP contribution in [-0.2, 0) is 9.59 Å². The van der Waals surface area contributed by atoms with Crippen molar-refractivity contribution in [1.29, 1.82) is 0 Å². The molecular weight excluding hydrogens is 292 g/mol. The number of carbonyl (C=O) groups is 2. The van der Waals surface area contributed by atoms with Gasteiger partial charge in [-0.2, -0.15) is 0 Å². The number of ether oxygens (including phenoxy) is 1. The van der Waals surface area contributed by atoms with Crippen LogP contribution < -0.4 is 10.1 Å². The third-order valence-corrected chi connectivity index (χ3v) is 3.62. The molecule has 1 atom stereocenters. The SMILES string of the molecule is CCC(C)N(CCC(=O)Nc1ccc(OC(C)C)cc1)C(C)=O. The Morgan fingerprint density at radius 3 is 2.26 bits per heavy atom. The summed E-state index contributed by atoms with van der Waals surface area (Å²) in [5, 5.41) is 2.84. The van der Waals surface area contributed by atoms with Crippen molar-refractivity contribution in [1.82, 2.24) is 4.90 Å². The summed E-state index contributed by atoms with van der Waals surface area (Å²) < 4.78 is 5.56. The van der Waals surface area contributed by atoms with Crippen molar-refractivity contribution in [3.05, 3.63) is 24.3 Å². The summed E-state index contributed by atoms with van der Waals surface area (Å²) in [7, 11) is 0. The molecule has 0 saturated carbocycles. The van der Waals surface area contributed by atoms with Crippen LogP contribution >= 0.6 is 0 Å². The van der Waals surface area contributed by atoms with E-state index in [4.69, 9.17) is 4.74 Å². The summed E-state index contributed by atoms with van der Waals surface area (Å²) >= 11 is 0. The van der Waals surface area contributed by atoms with Gasteiger partial charge in [0.25, 0.3) is 0 Å². The van der Waals surface area contributed by atoms with Crippen molar-refractivity contribution < 1.29 is 14.3 Å². The molecule has 0 saturated heterocycles. The van der Waals surface area contributed by atoms with E-state index in [1.54, 1.807) is 4.90 Å². The van der Waals surface area contributed by atoms with Crippen LogP contribution in [-0.4, -0.2) is 35.4 Å². The predicted molar refractivity (Wildman–Crippen MR) is 92.6 cm³/mol. The average Bonchev–Trinajstić information content (AvgIpc) is 2.48. The molecule has 1 aromatic carbocycles. The first-order valence-electron chi connectivity index (χ1n) is 8.17. The Balaban J connectivity index is 2.51. The van der Waals surface area contributed by atoms with Gasteiger partial charge in [-0.05, 0) is 51.5 Å². The number of hydrogen-bond donors (Lipinski definition) is 1. The zero-order valence-corrected chi connectivity index (χ0v) is 14.8. The van der Waals surface area contributed by atoms with Crippen molar-refractivity contribution in [3.63, 3.8) is 0 Å². The molecule has 2 amide bonds. The third-order valence-electron chi connectivity index (χ3n) is 3.62. The first-order chi connectivity index (χ1) is 10.8. The average molecular weight is 320 g/mol. The number of benzene rings is 1. The van der Waals surface area contributed by atoms with E-state index in [0.29, 0.717) is 6.54 Å². The molecule has 0 fully saturated rings. The summed E-state index contributed by atoms with van der Waals surface area (Å²) in [6.07, 6.45) is 1.28. The van der Waals surface area contributed by atoms with E-state index in [9.17, 15) is 9.59 Å². The number of nitrogens with one attached hydrogen (secondary N) is 1. The van der Waals surface area contributed by atoms with Gasteiger partial charge in [0.05, 0.1) is 6.10 Å². The second kappa shape index (κ2) is 9.18. The molecule has 0 heterocycles. The highest BCUT2D eigenvalue weighted by Gasteiger charge is 2.16. The molecule has 1 rings (SSSR count). The molecule has 0 aliphatic carbocycles. The number of rotatable bonds is 8. The quantitative estimate of drug-likeness (QED) is 0.798. The van der Waals surface area contributed by atoms with Crippen molar-refractivity contribution in [2.75, 3.05) is 11.9 Å². The Bertz CT molecular complexity index is 512. The van der Waals surface area contributed by atoms with Gasteiger partial charge in [-0.25, -0.2) is 0 Å². The minimum atomic E-state index is -0.0999. The van der Waals surface area contributed by atoms with Crippen LogP contribution in [0.2, 0.25) is 0 Å². The monoisotopic (exact) mass is 320 g/mol. The lowest BCUT2D eigenvalue weighted by Gasteiger charge is -2.27. The van der Waals surface area contributed by atoms with Crippen LogP contribution in [0.1, 0.15) is 47.5 Å². The fraction of sp³-hybridized carbons (Fsp3) is 0.556. The molecule has 5 nitrogen and oxygen atoms in total. The van der Waals surface area contributed by atoms with Crippen molar-refractivity contribution in [3.8, 4) is 5.75 Å². The van der Waals surface area contributed by atoms with Crippen LogP contribution in [0.15, 0.2) is 24.3 Å². The number of hydrogen-bond acceptors (Lipinski definition) is 3. The number of anilines is 1. The molecule has 23 heavy (non-hydrogen) atoms. The largest absolute Gasteiger partial charge is 0.491 e. The molecule has 0 spiro atoms. The third kappa shape index (κ3) is 6.72. The molecule has 0 radical (unpaired) electrons. The van der Waals surface area contributed by atoms with Gasteiger partial charge in [0.15, 0.2) is 0 Å². The molecule has 1 aromatic rings. The van der Waals surface area contributed by atoms with Gasteiger partial charge in [0, 0.05) is 31.6 Å². The van der Waals surface area contributed by atoms with E-state index in [-0.39, 0.29) is 30.4 Å². The maximum atomic E-state index is 12.0. The molecule has 1 N–H and O–H groups in total. The smallest absolute Gasteiger partial charge is 0.226 e. The van der Waals surface area contributed by atoms with Gasteiger partial charge < -0.3 is 15.0 Å². The summed E-state index contributed by atoms with van der Waals surface area (Å²) in [5.74, 6) is 0.678. The van der Waals surface area contributed by atoms with E-state index in [0.717, 1.165) is 17.9 Å². The topological polar surface area (TPSA) is 58.6 Å². The highest BCUT2D eigenvalue weighted by atomic mass is 16.5.